The van der Waals surface area contributed by atoms with Gasteiger partial charge >= 0.3 is 0 Å². The summed E-state index contributed by atoms with van der Waals surface area (Å²) in [5.74, 6) is 1.87. The standard InChI is InChI=1S/C32H27ClN4O3S/c1-39-28-13-10-20(17-29(28)40-2)14-15-34-31(38)22-11-12-24-26(18-22)36-32(41-19-21-6-5-7-23(33)16-21)37-27-9-4-3-8-25(27)35-30(24)37/h3-13,16-18H,14-15,19H2,1-2H3,(H,34,38). The van der Waals surface area contributed by atoms with Crippen molar-refractivity contribution in [2.75, 3.05) is 20.8 Å². The number of imidazole rings is 1. The fourth-order valence-corrected chi connectivity index (χ4v) is 6.00. The van der Waals surface area contributed by atoms with Crippen molar-refractivity contribution in [2.24, 2.45) is 0 Å². The number of aromatic nitrogens is 3. The van der Waals surface area contributed by atoms with Gasteiger partial charge in [-0.1, -0.05) is 53.7 Å². The van der Waals surface area contributed by atoms with Crippen LogP contribution in [0.15, 0.2) is 90.1 Å². The molecule has 2 aromatic heterocycles. The number of methoxy groups -OCH3 is 2. The molecular formula is C32H27ClN4O3S. The SMILES string of the molecule is COc1ccc(CCNC(=O)c2ccc3c(c2)nc(SCc2cccc(Cl)c2)n2c4ccccc4nc32)cc1OC. The number of fused-ring (bicyclic) bond motifs is 5. The van der Waals surface area contributed by atoms with Gasteiger partial charge in [0, 0.05) is 28.3 Å². The van der Waals surface area contributed by atoms with Crippen LogP contribution in [-0.2, 0) is 12.2 Å². The van der Waals surface area contributed by atoms with Gasteiger partial charge in [-0.2, -0.15) is 0 Å². The molecular weight excluding hydrogens is 556 g/mol. The Labute approximate surface area is 246 Å². The maximum Gasteiger partial charge on any atom is 0.251 e. The first-order valence-electron chi connectivity index (χ1n) is 13.1. The Kier molecular flexibility index (Phi) is 7.67. The zero-order valence-electron chi connectivity index (χ0n) is 22.6. The van der Waals surface area contributed by atoms with E-state index in [1.54, 1.807) is 26.0 Å². The average Bonchev–Trinajstić information content (AvgIpc) is 3.39. The lowest BCUT2D eigenvalue weighted by molar-refractivity contribution is 0.0954. The van der Waals surface area contributed by atoms with Gasteiger partial charge in [-0.15, -0.1) is 0 Å². The Balaban J connectivity index is 1.28. The number of benzene rings is 4. The van der Waals surface area contributed by atoms with E-state index in [2.05, 4.69) is 9.72 Å². The number of carbonyl (C=O) groups is 1. The number of ether oxygens (including phenoxy) is 2. The van der Waals surface area contributed by atoms with Gasteiger partial charge in [-0.3, -0.25) is 9.20 Å². The molecule has 0 aliphatic heterocycles. The third-order valence-electron chi connectivity index (χ3n) is 6.87. The van der Waals surface area contributed by atoms with Crippen LogP contribution in [0.4, 0.5) is 0 Å². The molecule has 0 saturated heterocycles. The average molecular weight is 583 g/mol. The monoisotopic (exact) mass is 582 g/mol. The van der Waals surface area contributed by atoms with E-state index >= 15 is 0 Å². The highest BCUT2D eigenvalue weighted by Crippen LogP contribution is 2.31. The second-order valence-corrected chi connectivity index (χ2v) is 10.9. The van der Waals surface area contributed by atoms with Gasteiger partial charge in [0.15, 0.2) is 16.7 Å². The molecule has 0 bridgehead atoms. The summed E-state index contributed by atoms with van der Waals surface area (Å²) in [5.41, 5.74) is 6.09. The molecule has 0 spiro atoms. The van der Waals surface area contributed by atoms with Crippen LogP contribution >= 0.6 is 23.4 Å². The van der Waals surface area contributed by atoms with Crippen LogP contribution in [0.3, 0.4) is 0 Å². The maximum absolute atomic E-state index is 13.1. The minimum absolute atomic E-state index is 0.157. The first-order valence-corrected chi connectivity index (χ1v) is 14.5. The Morgan fingerprint density at radius 1 is 0.878 bits per heavy atom. The Hall–Kier alpha value is -4.27. The fraction of sp³-hybridized carbons (Fsp3) is 0.156. The lowest BCUT2D eigenvalue weighted by Crippen LogP contribution is -2.25. The van der Waals surface area contributed by atoms with Crippen molar-refractivity contribution < 1.29 is 14.3 Å². The molecule has 1 N–H and O–H groups in total. The van der Waals surface area contributed by atoms with Crippen molar-refractivity contribution in [3.63, 3.8) is 0 Å². The van der Waals surface area contributed by atoms with Crippen molar-refractivity contribution >= 4 is 56.9 Å². The fourth-order valence-electron chi connectivity index (χ4n) is 4.84. The summed E-state index contributed by atoms with van der Waals surface area (Å²) in [6, 6.07) is 27.2. The topological polar surface area (TPSA) is 77.8 Å². The first-order chi connectivity index (χ1) is 20.0. The predicted octanol–water partition coefficient (Wildman–Crippen LogP) is 6.97. The molecule has 6 rings (SSSR count). The quantitative estimate of drug-likeness (QED) is 0.146. The van der Waals surface area contributed by atoms with Crippen molar-refractivity contribution in [2.45, 2.75) is 17.3 Å². The third-order valence-corrected chi connectivity index (χ3v) is 8.12. The summed E-state index contributed by atoms with van der Waals surface area (Å²) in [7, 11) is 3.22. The van der Waals surface area contributed by atoms with Crippen LogP contribution in [0.5, 0.6) is 11.5 Å². The summed E-state index contributed by atoms with van der Waals surface area (Å²) in [6.07, 6.45) is 0.656. The highest BCUT2D eigenvalue weighted by molar-refractivity contribution is 7.98. The molecule has 1 amide bonds. The molecule has 0 aliphatic rings. The lowest BCUT2D eigenvalue weighted by atomic mass is 10.1. The van der Waals surface area contributed by atoms with Gasteiger partial charge < -0.3 is 14.8 Å². The molecule has 9 heteroatoms. The number of halogens is 1. The number of carbonyl (C=O) groups excluding carboxylic acids is 1. The lowest BCUT2D eigenvalue weighted by Gasteiger charge is -2.11. The van der Waals surface area contributed by atoms with E-state index in [-0.39, 0.29) is 5.91 Å². The van der Waals surface area contributed by atoms with E-state index in [4.69, 9.17) is 31.0 Å². The maximum atomic E-state index is 13.1. The molecule has 0 saturated carbocycles. The van der Waals surface area contributed by atoms with Crippen molar-refractivity contribution in [1.29, 1.82) is 0 Å². The number of hydrogen-bond donors (Lipinski definition) is 1. The smallest absolute Gasteiger partial charge is 0.251 e. The van der Waals surface area contributed by atoms with Crippen LogP contribution in [0.1, 0.15) is 21.5 Å². The third kappa shape index (κ3) is 5.53. The van der Waals surface area contributed by atoms with Crippen LogP contribution < -0.4 is 14.8 Å². The predicted molar refractivity (Wildman–Crippen MR) is 165 cm³/mol. The molecule has 0 aliphatic carbocycles. The van der Waals surface area contributed by atoms with Crippen LogP contribution in [0, 0.1) is 0 Å². The van der Waals surface area contributed by atoms with E-state index < -0.39 is 0 Å². The van der Waals surface area contributed by atoms with E-state index in [0.717, 1.165) is 38.4 Å². The molecule has 6 aromatic rings. The first kappa shape index (κ1) is 26.9. The highest BCUT2D eigenvalue weighted by atomic mass is 35.5. The van der Waals surface area contributed by atoms with Gasteiger partial charge in [-0.25, -0.2) is 9.97 Å². The number of nitrogens with zero attached hydrogens (tertiary/aromatic N) is 3. The molecule has 0 radical (unpaired) electrons. The van der Waals surface area contributed by atoms with E-state index in [1.807, 2.05) is 84.9 Å². The Morgan fingerprint density at radius 2 is 1.73 bits per heavy atom. The van der Waals surface area contributed by atoms with Crippen LogP contribution in [0.2, 0.25) is 5.02 Å². The van der Waals surface area contributed by atoms with Crippen molar-refractivity contribution in [3.05, 3.63) is 107 Å². The second-order valence-electron chi connectivity index (χ2n) is 9.50. The summed E-state index contributed by atoms with van der Waals surface area (Å²) in [6.45, 7) is 0.477. The largest absolute Gasteiger partial charge is 0.493 e. The normalized spacial score (nSPS) is 11.3. The minimum Gasteiger partial charge on any atom is -0.493 e. The number of thioether (sulfide) groups is 1. The zero-order valence-corrected chi connectivity index (χ0v) is 24.1. The molecule has 41 heavy (non-hydrogen) atoms. The second kappa shape index (κ2) is 11.7. The van der Waals surface area contributed by atoms with Gasteiger partial charge in [0.25, 0.3) is 5.91 Å². The van der Waals surface area contributed by atoms with Crippen molar-refractivity contribution in [3.8, 4) is 11.5 Å². The molecule has 0 fully saturated rings. The molecule has 0 unspecified atom stereocenters. The zero-order chi connectivity index (χ0) is 28.3. The van der Waals surface area contributed by atoms with Gasteiger partial charge in [0.05, 0.1) is 30.8 Å². The number of para-hydroxylation sites is 2. The summed E-state index contributed by atoms with van der Waals surface area (Å²) < 4.78 is 12.8. The van der Waals surface area contributed by atoms with Gasteiger partial charge in [-0.05, 0) is 72.1 Å². The molecule has 206 valence electrons. The molecule has 7 nitrogen and oxygen atoms in total. The number of rotatable bonds is 9. The summed E-state index contributed by atoms with van der Waals surface area (Å²) in [4.78, 5) is 23.1. The minimum atomic E-state index is -0.157. The highest BCUT2D eigenvalue weighted by Gasteiger charge is 2.16. The molecule has 4 aromatic carbocycles. The molecule has 2 heterocycles. The van der Waals surface area contributed by atoms with Crippen molar-refractivity contribution in [1.82, 2.24) is 19.7 Å². The number of hydrogen-bond acceptors (Lipinski definition) is 6. The van der Waals surface area contributed by atoms with Crippen LogP contribution in [-0.4, -0.2) is 41.0 Å². The Morgan fingerprint density at radius 3 is 2.56 bits per heavy atom. The van der Waals surface area contributed by atoms with Gasteiger partial charge in [0.2, 0.25) is 0 Å². The number of nitrogens with one attached hydrogen (secondary N) is 1. The van der Waals surface area contributed by atoms with Crippen LogP contribution in [0.25, 0.3) is 27.6 Å². The summed E-state index contributed by atoms with van der Waals surface area (Å²) >= 11 is 7.83. The van der Waals surface area contributed by atoms with Gasteiger partial charge in [0.1, 0.15) is 5.65 Å². The van der Waals surface area contributed by atoms with E-state index in [1.165, 1.54) is 0 Å². The number of amides is 1. The van der Waals surface area contributed by atoms with E-state index in [9.17, 15) is 4.79 Å². The van der Waals surface area contributed by atoms with E-state index in [0.29, 0.717) is 46.3 Å². The Bertz CT molecular complexity index is 1910. The summed E-state index contributed by atoms with van der Waals surface area (Å²) in [5, 5.41) is 5.41. The molecule has 0 atom stereocenters.